The highest BCUT2D eigenvalue weighted by Gasteiger charge is 1.92. The van der Waals surface area contributed by atoms with Gasteiger partial charge in [0, 0.05) is 13.2 Å². The Morgan fingerprint density at radius 1 is 0.526 bits per heavy atom. The Morgan fingerprint density at radius 3 is 1.21 bits per heavy atom. The van der Waals surface area contributed by atoms with Gasteiger partial charge in [0.1, 0.15) is 0 Å². The number of hydrogen-bond acceptors (Lipinski definition) is 1. The van der Waals surface area contributed by atoms with Crippen LogP contribution >= 0.6 is 0 Å². The lowest BCUT2D eigenvalue weighted by Crippen LogP contribution is -1.97. The van der Waals surface area contributed by atoms with Crippen molar-refractivity contribution in [2.45, 2.75) is 97.7 Å². The van der Waals surface area contributed by atoms with Crippen molar-refractivity contribution in [3.05, 3.63) is 0 Å². The molecule has 0 aromatic carbocycles. The smallest absolute Gasteiger partial charge is 0.0973 e. The molecule has 0 aliphatic heterocycles. The molecule has 0 spiro atoms. The van der Waals surface area contributed by atoms with Crippen LogP contribution < -0.4 is 0 Å². The molecule has 0 bridgehead atoms. The Morgan fingerprint density at radius 2 is 0.842 bits per heavy atom. The van der Waals surface area contributed by atoms with Gasteiger partial charge in [0.05, 0.1) is 7.85 Å². The van der Waals surface area contributed by atoms with Gasteiger partial charge >= 0.3 is 0 Å². The van der Waals surface area contributed by atoms with E-state index in [0.29, 0.717) is 0 Å². The fraction of sp³-hybridized carbons (Fsp3) is 1.00. The van der Waals surface area contributed by atoms with Crippen molar-refractivity contribution < 1.29 is 4.74 Å². The van der Waals surface area contributed by atoms with Crippen molar-refractivity contribution >= 4 is 7.85 Å². The number of ether oxygens (including phenoxy) is 1. The predicted molar refractivity (Wildman–Crippen MR) is 92.0 cm³/mol. The third kappa shape index (κ3) is 23.5. The van der Waals surface area contributed by atoms with E-state index in [2.05, 4.69) is 13.8 Å². The molecule has 0 rings (SSSR count). The monoisotopic (exact) mass is 270 g/mol. The molecule has 0 aliphatic carbocycles. The van der Waals surface area contributed by atoms with Crippen LogP contribution in [0.3, 0.4) is 0 Å². The Balaban J connectivity index is 0. The first-order chi connectivity index (χ1) is 9.41. The molecule has 0 saturated heterocycles. The van der Waals surface area contributed by atoms with E-state index < -0.39 is 0 Å². The van der Waals surface area contributed by atoms with Crippen molar-refractivity contribution in [1.29, 1.82) is 0 Å². The summed E-state index contributed by atoms with van der Waals surface area (Å²) in [7, 11) is 2.00. The van der Waals surface area contributed by atoms with Crippen molar-refractivity contribution in [1.82, 2.24) is 0 Å². The fourth-order valence-corrected chi connectivity index (χ4v) is 2.07. The normalized spacial score (nSPS) is 10.1. The first kappa shape index (κ1) is 21.3. The molecule has 0 heterocycles. The van der Waals surface area contributed by atoms with Crippen LogP contribution in [0.25, 0.3) is 0 Å². The van der Waals surface area contributed by atoms with Gasteiger partial charge in [0.25, 0.3) is 0 Å². The first-order valence-electron chi connectivity index (χ1n) is 8.99. The fourth-order valence-electron chi connectivity index (χ4n) is 2.07. The van der Waals surface area contributed by atoms with Crippen LogP contribution in [0.4, 0.5) is 0 Å². The van der Waals surface area contributed by atoms with E-state index in [-0.39, 0.29) is 0 Å². The minimum atomic E-state index is 0.987. The second-order valence-corrected chi connectivity index (χ2v) is 5.15. The van der Waals surface area contributed by atoms with Crippen LogP contribution in [0.5, 0.6) is 0 Å². The summed E-state index contributed by atoms with van der Waals surface area (Å²) in [5, 5.41) is 0. The van der Waals surface area contributed by atoms with Gasteiger partial charge in [-0.25, -0.2) is 0 Å². The Labute approximate surface area is 124 Å². The summed E-state index contributed by atoms with van der Waals surface area (Å²) in [4.78, 5) is 0. The average molecular weight is 270 g/mol. The molecule has 0 aromatic heterocycles. The molecule has 0 N–H and O–H groups in total. The SMILES string of the molecule is BC.CCCCCCCCOCCCCCCCC. The number of hydrogen-bond donors (Lipinski definition) is 0. The molecule has 0 unspecified atom stereocenters. The molecule has 19 heavy (non-hydrogen) atoms. The maximum absolute atomic E-state index is 5.65. The zero-order chi connectivity index (χ0) is 14.6. The van der Waals surface area contributed by atoms with Gasteiger partial charge < -0.3 is 4.74 Å². The first-order valence-corrected chi connectivity index (χ1v) is 8.99. The van der Waals surface area contributed by atoms with Crippen molar-refractivity contribution in [3.8, 4) is 0 Å². The van der Waals surface area contributed by atoms with Crippen LogP contribution in [0, 0.1) is 0 Å². The van der Waals surface area contributed by atoms with E-state index in [1.165, 1.54) is 77.0 Å². The van der Waals surface area contributed by atoms with Crippen LogP contribution in [0.1, 0.15) is 90.9 Å². The van der Waals surface area contributed by atoms with Gasteiger partial charge in [-0.2, -0.15) is 0 Å². The van der Waals surface area contributed by atoms with Crippen molar-refractivity contribution in [2.75, 3.05) is 13.2 Å². The molecule has 0 atom stereocenters. The molecule has 0 radical (unpaired) electrons. The maximum Gasteiger partial charge on any atom is 0.0973 e. The molecule has 2 heteroatoms. The number of unbranched alkanes of at least 4 members (excludes halogenated alkanes) is 10. The van der Waals surface area contributed by atoms with E-state index in [1.54, 1.807) is 0 Å². The quantitative estimate of drug-likeness (QED) is 0.303. The van der Waals surface area contributed by atoms with Crippen molar-refractivity contribution in [3.63, 3.8) is 0 Å². The van der Waals surface area contributed by atoms with E-state index in [1.807, 2.05) is 14.7 Å². The lowest BCUT2D eigenvalue weighted by Gasteiger charge is -2.04. The third-order valence-corrected chi connectivity index (χ3v) is 3.28. The molecule has 0 amide bonds. The summed E-state index contributed by atoms with van der Waals surface area (Å²) >= 11 is 0. The van der Waals surface area contributed by atoms with Crippen LogP contribution in [-0.4, -0.2) is 21.1 Å². The molecule has 1 nitrogen and oxygen atoms in total. The molecule has 0 fully saturated rings. The van der Waals surface area contributed by atoms with Crippen molar-refractivity contribution in [2.24, 2.45) is 0 Å². The summed E-state index contributed by atoms with van der Waals surface area (Å²) < 4.78 is 5.65. The Bertz CT molecular complexity index is 114. The van der Waals surface area contributed by atoms with Crippen LogP contribution in [0.2, 0.25) is 6.82 Å². The second kappa shape index (κ2) is 23.1. The predicted octanol–water partition coefficient (Wildman–Crippen LogP) is 5.39. The summed E-state index contributed by atoms with van der Waals surface area (Å²) in [6.45, 7) is 8.51. The second-order valence-electron chi connectivity index (χ2n) is 5.15. The molecule has 116 valence electrons. The largest absolute Gasteiger partial charge is 0.381 e. The zero-order valence-corrected chi connectivity index (χ0v) is 14.3. The topological polar surface area (TPSA) is 9.23 Å². The van der Waals surface area contributed by atoms with E-state index in [9.17, 15) is 0 Å². The van der Waals surface area contributed by atoms with Crippen LogP contribution in [-0.2, 0) is 4.74 Å². The average Bonchev–Trinajstić information content (AvgIpc) is 2.46. The third-order valence-electron chi connectivity index (χ3n) is 3.28. The highest BCUT2D eigenvalue weighted by atomic mass is 16.5. The molecule has 0 saturated carbocycles. The number of rotatable bonds is 14. The molecule has 0 aliphatic rings. The standard InChI is InChI=1S/C16H34O.CH5B/c1-3-5-7-9-11-13-15-17-16-14-12-10-8-6-4-2;1-2/h3-16H2,1-2H3;2H2,1H3. The molecule has 0 aromatic rings. The minimum absolute atomic E-state index is 0.987. The summed E-state index contributed by atoms with van der Waals surface area (Å²) in [6, 6.07) is 0. The van der Waals surface area contributed by atoms with E-state index in [4.69, 9.17) is 4.74 Å². The molecular formula is C17H39BO. The van der Waals surface area contributed by atoms with Gasteiger partial charge in [-0.1, -0.05) is 84.9 Å². The highest BCUT2D eigenvalue weighted by Crippen LogP contribution is 2.06. The van der Waals surface area contributed by atoms with E-state index >= 15 is 0 Å². The van der Waals surface area contributed by atoms with Gasteiger partial charge in [0.2, 0.25) is 0 Å². The van der Waals surface area contributed by atoms with Gasteiger partial charge in [-0.05, 0) is 12.8 Å². The van der Waals surface area contributed by atoms with Crippen LogP contribution in [0.15, 0.2) is 0 Å². The minimum Gasteiger partial charge on any atom is -0.381 e. The molecular weight excluding hydrogens is 231 g/mol. The maximum atomic E-state index is 5.65. The van der Waals surface area contributed by atoms with Gasteiger partial charge in [-0.15, -0.1) is 0 Å². The zero-order valence-electron chi connectivity index (χ0n) is 14.3. The van der Waals surface area contributed by atoms with Gasteiger partial charge in [-0.3, -0.25) is 0 Å². The summed E-state index contributed by atoms with van der Waals surface area (Å²) in [6.07, 6.45) is 16.3. The summed E-state index contributed by atoms with van der Waals surface area (Å²) in [5.74, 6) is 0. The van der Waals surface area contributed by atoms with Gasteiger partial charge in [0.15, 0.2) is 0 Å². The Kier molecular flexibility index (Phi) is 26.0. The highest BCUT2D eigenvalue weighted by molar-refractivity contribution is 6.05. The lowest BCUT2D eigenvalue weighted by atomic mass is 10.1. The lowest BCUT2D eigenvalue weighted by molar-refractivity contribution is 0.125. The van der Waals surface area contributed by atoms with E-state index in [0.717, 1.165) is 13.2 Å². The summed E-state index contributed by atoms with van der Waals surface area (Å²) in [5.41, 5.74) is 0. The Hall–Kier alpha value is 0.0249.